The Hall–Kier alpha value is -3.06. The molecule has 0 radical (unpaired) electrons. The minimum atomic E-state index is -0.807. The lowest BCUT2D eigenvalue weighted by atomic mass is 10.0. The number of hydrogen-bond acceptors (Lipinski definition) is 3. The predicted octanol–water partition coefficient (Wildman–Crippen LogP) is 3.58. The Morgan fingerprint density at radius 1 is 1.04 bits per heavy atom. The van der Waals surface area contributed by atoms with Gasteiger partial charge in [-0.2, -0.15) is 0 Å². The SMILES string of the molecule is COc1cc(-c2cc(F)cc(F)c2)c(F)cc1-n1c2c(ccc1=O)CNCC2. The first-order chi connectivity index (χ1) is 13.5. The van der Waals surface area contributed by atoms with Crippen molar-refractivity contribution in [2.75, 3.05) is 13.7 Å². The lowest BCUT2D eigenvalue weighted by Gasteiger charge is -2.23. The molecule has 0 bridgehead atoms. The van der Waals surface area contributed by atoms with Gasteiger partial charge < -0.3 is 10.1 Å². The Labute approximate surface area is 159 Å². The van der Waals surface area contributed by atoms with E-state index in [1.54, 1.807) is 6.07 Å². The van der Waals surface area contributed by atoms with Crippen LogP contribution in [0.25, 0.3) is 16.8 Å². The third-order valence-corrected chi connectivity index (χ3v) is 4.83. The minimum Gasteiger partial charge on any atom is -0.495 e. The van der Waals surface area contributed by atoms with Gasteiger partial charge in [-0.05, 0) is 29.3 Å². The van der Waals surface area contributed by atoms with Crippen LogP contribution in [0.4, 0.5) is 13.2 Å². The van der Waals surface area contributed by atoms with Gasteiger partial charge in [-0.1, -0.05) is 6.07 Å². The van der Waals surface area contributed by atoms with E-state index in [0.717, 1.165) is 29.5 Å². The first-order valence-corrected chi connectivity index (χ1v) is 8.77. The van der Waals surface area contributed by atoms with E-state index in [1.165, 1.54) is 29.9 Å². The summed E-state index contributed by atoms with van der Waals surface area (Å²) < 4.78 is 48.9. The van der Waals surface area contributed by atoms with Gasteiger partial charge in [-0.3, -0.25) is 9.36 Å². The van der Waals surface area contributed by atoms with Gasteiger partial charge in [0, 0.05) is 49.0 Å². The van der Waals surface area contributed by atoms with Crippen molar-refractivity contribution in [3.63, 3.8) is 0 Å². The number of methoxy groups -OCH3 is 1. The number of benzene rings is 2. The molecular formula is C21H17F3N2O2. The van der Waals surface area contributed by atoms with E-state index in [1.807, 2.05) is 0 Å². The molecule has 4 rings (SSSR count). The lowest BCUT2D eigenvalue weighted by molar-refractivity contribution is 0.411. The average molecular weight is 386 g/mol. The van der Waals surface area contributed by atoms with Crippen LogP contribution in [-0.2, 0) is 13.0 Å². The smallest absolute Gasteiger partial charge is 0.255 e. The molecule has 0 unspecified atom stereocenters. The highest BCUT2D eigenvalue weighted by atomic mass is 19.1. The standard InChI is InChI=1S/C21H17F3N2O2/c1-28-20-9-16(13-6-14(22)8-15(23)7-13)17(24)10-19(20)26-18-4-5-25-11-12(18)2-3-21(26)27/h2-3,6-10,25H,4-5,11H2,1H3. The average Bonchev–Trinajstić information content (AvgIpc) is 2.67. The van der Waals surface area contributed by atoms with Gasteiger partial charge in [0.2, 0.25) is 0 Å². The fourth-order valence-electron chi connectivity index (χ4n) is 3.56. The third kappa shape index (κ3) is 3.18. The monoisotopic (exact) mass is 386 g/mol. The second-order valence-corrected chi connectivity index (χ2v) is 6.57. The van der Waals surface area contributed by atoms with Crippen molar-refractivity contribution < 1.29 is 17.9 Å². The van der Waals surface area contributed by atoms with E-state index in [0.29, 0.717) is 19.5 Å². The molecule has 0 aliphatic carbocycles. The van der Waals surface area contributed by atoms with E-state index in [4.69, 9.17) is 4.74 Å². The second kappa shape index (κ2) is 7.16. The van der Waals surface area contributed by atoms with Crippen LogP contribution in [0.1, 0.15) is 11.3 Å². The summed E-state index contributed by atoms with van der Waals surface area (Å²) in [6.07, 6.45) is 0.604. The number of pyridine rings is 1. The maximum atomic E-state index is 14.9. The summed E-state index contributed by atoms with van der Waals surface area (Å²) in [5.74, 6) is -2.09. The highest BCUT2D eigenvalue weighted by Crippen LogP contribution is 2.33. The summed E-state index contributed by atoms with van der Waals surface area (Å²) in [6, 6.07) is 8.51. The maximum Gasteiger partial charge on any atom is 0.255 e. The molecule has 3 aromatic rings. The molecule has 0 atom stereocenters. The zero-order chi connectivity index (χ0) is 19.8. The van der Waals surface area contributed by atoms with Gasteiger partial charge in [0.15, 0.2) is 0 Å². The van der Waals surface area contributed by atoms with Crippen molar-refractivity contribution in [3.8, 4) is 22.6 Å². The fraction of sp³-hybridized carbons (Fsp3) is 0.190. The van der Waals surface area contributed by atoms with E-state index in [9.17, 15) is 18.0 Å². The van der Waals surface area contributed by atoms with Crippen LogP contribution in [0.15, 0.2) is 47.3 Å². The van der Waals surface area contributed by atoms with Crippen molar-refractivity contribution in [1.82, 2.24) is 9.88 Å². The highest BCUT2D eigenvalue weighted by Gasteiger charge is 2.20. The molecule has 0 saturated carbocycles. The highest BCUT2D eigenvalue weighted by molar-refractivity contribution is 5.69. The number of aromatic nitrogens is 1. The van der Waals surface area contributed by atoms with Gasteiger partial charge in [0.1, 0.15) is 23.2 Å². The predicted molar refractivity (Wildman–Crippen MR) is 99.3 cm³/mol. The minimum absolute atomic E-state index is 0.0153. The number of ether oxygens (including phenoxy) is 1. The summed E-state index contributed by atoms with van der Waals surface area (Å²) in [6.45, 7) is 1.31. The van der Waals surface area contributed by atoms with E-state index >= 15 is 0 Å². The van der Waals surface area contributed by atoms with Crippen molar-refractivity contribution in [1.29, 1.82) is 0 Å². The molecule has 0 spiro atoms. The normalized spacial score (nSPS) is 13.3. The first-order valence-electron chi connectivity index (χ1n) is 8.77. The largest absolute Gasteiger partial charge is 0.495 e. The van der Waals surface area contributed by atoms with Crippen LogP contribution in [0, 0.1) is 17.5 Å². The molecule has 0 amide bonds. The van der Waals surface area contributed by atoms with Crippen LogP contribution in [0.3, 0.4) is 0 Å². The third-order valence-electron chi connectivity index (χ3n) is 4.83. The summed E-state index contributed by atoms with van der Waals surface area (Å²) >= 11 is 0. The van der Waals surface area contributed by atoms with Gasteiger partial charge in [-0.25, -0.2) is 13.2 Å². The Kier molecular flexibility index (Phi) is 4.68. The van der Waals surface area contributed by atoms with Crippen LogP contribution in [0.5, 0.6) is 5.75 Å². The van der Waals surface area contributed by atoms with Crippen LogP contribution in [0.2, 0.25) is 0 Å². The van der Waals surface area contributed by atoms with E-state index < -0.39 is 17.5 Å². The van der Waals surface area contributed by atoms with Crippen molar-refractivity contribution in [2.45, 2.75) is 13.0 Å². The molecule has 7 heteroatoms. The van der Waals surface area contributed by atoms with E-state index in [2.05, 4.69) is 5.32 Å². The van der Waals surface area contributed by atoms with E-state index in [-0.39, 0.29) is 28.1 Å². The molecular weight excluding hydrogens is 369 g/mol. The lowest BCUT2D eigenvalue weighted by Crippen LogP contribution is -2.31. The second-order valence-electron chi connectivity index (χ2n) is 6.57. The Morgan fingerprint density at radius 2 is 1.79 bits per heavy atom. The van der Waals surface area contributed by atoms with Gasteiger partial charge >= 0.3 is 0 Å². The van der Waals surface area contributed by atoms with Crippen molar-refractivity contribution in [2.24, 2.45) is 0 Å². The number of fused-ring (bicyclic) bond motifs is 1. The molecule has 2 heterocycles. The van der Waals surface area contributed by atoms with Crippen molar-refractivity contribution in [3.05, 3.63) is 81.5 Å². The van der Waals surface area contributed by atoms with Crippen LogP contribution < -0.4 is 15.6 Å². The summed E-state index contributed by atoms with van der Waals surface area (Å²) in [7, 11) is 1.40. The number of rotatable bonds is 3. The summed E-state index contributed by atoms with van der Waals surface area (Å²) in [5, 5.41) is 3.23. The Morgan fingerprint density at radius 3 is 2.50 bits per heavy atom. The molecule has 0 fully saturated rings. The number of hydrogen-bond donors (Lipinski definition) is 1. The molecule has 1 aromatic heterocycles. The molecule has 2 aromatic carbocycles. The van der Waals surface area contributed by atoms with Crippen LogP contribution in [-0.4, -0.2) is 18.2 Å². The molecule has 1 N–H and O–H groups in total. The number of nitrogens with zero attached hydrogens (tertiary/aromatic N) is 1. The summed E-state index contributed by atoms with van der Waals surface area (Å²) in [5.41, 5.74) is 1.72. The Balaban J connectivity index is 1.94. The topological polar surface area (TPSA) is 43.3 Å². The molecule has 144 valence electrons. The maximum absolute atomic E-state index is 14.9. The summed E-state index contributed by atoms with van der Waals surface area (Å²) in [4.78, 5) is 12.6. The number of nitrogens with one attached hydrogen (secondary N) is 1. The Bertz CT molecular complexity index is 1110. The van der Waals surface area contributed by atoms with Gasteiger partial charge in [0.25, 0.3) is 5.56 Å². The van der Waals surface area contributed by atoms with Crippen LogP contribution >= 0.6 is 0 Å². The van der Waals surface area contributed by atoms with Gasteiger partial charge in [0.05, 0.1) is 12.8 Å². The van der Waals surface area contributed by atoms with Crippen molar-refractivity contribution >= 4 is 0 Å². The number of halogens is 3. The molecule has 1 aliphatic heterocycles. The molecule has 0 saturated heterocycles. The molecule has 4 nitrogen and oxygen atoms in total. The first kappa shape index (κ1) is 18.3. The molecule has 28 heavy (non-hydrogen) atoms. The fourth-order valence-corrected chi connectivity index (χ4v) is 3.56. The molecule has 1 aliphatic rings. The quantitative estimate of drug-likeness (QED) is 0.748. The van der Waals surface area contributed by atoms with Gasteiger partial charge in [-0.15, -0.1) is 0 Å². The zero-order valence-corrected chi connectivity index (χ0v) is 15.1. The zero-order valence-electron chi connectivity index (χ0n) is 15.1.